The lowest BCUT2D eigenvalue weighted by atomic mass is 9.99. The highest BCUT2D eigenvalue weighted by atomic mass is 32.2. The second kappa shape index (κ2) is 9.10. The van der Waals surface area contributed by atoms with Crippen LogP contribution in [0.1, 0.15) is 19.8 Å². The molecular weight excluding hydrogens is 492 g/mol. The predicted molar refractivity (Wildman–Crippen MR) is 132 cm³/mol. The number of sulfonamides is 1. The first-order valence-corrected chi connectivity index (χ1v) is 13.5. The summed E-state index contributed by atoms with van der Waals surface area (Å²) in [5, 5.41) is 3.31. The molecule has 1 aliphatic heterocycles. The van der Waals surface area contributed by atoms with Crippen LogP contribution in [0, 0.1) is 5.92 Å². The summed E-state index contributed by atoms with van der Waals surface area (Å²) in [6, 6.07) is 9.91. The number of hydrogen-bond donors (Lipinski definition) is 1. The molecule has 0 radical (unpaired) electrons. The summed E-state index contributed by atoms with van der Waals surface area (Å²) in [5.41, 5.74) is 1.46. The topological polar surface area (TPSA) is 124 Å². The zero-order chi connectivity index (χ0) is 24.7. The molecule has 0 bridgehead atoms. The number of carbonyl (C=O) groups is 1. The number of carbonyl (C=O) groups excluding carboxylic acids is 1. The molecule has 3 heterocycles. The largest absolute Gasteiger partial charge is 0.494 e. The smallest absolute Gasteiger partial charge is 0.419 e. The molecule has 5 rings (SSSR count). The van der Waals surface area contributed by atoms with Gasteiger partial charge in [-0.3, -0.25) is 9.36 Å². The van der Waals surface area contributed by atoms with Gasteiger partial charge in [0.2, 0.25) is 15.9 Å². The molecule has 4 aromatic rings. The Morgan fingerprint density at radius 1 is 1.29 bits per heavy atom. The Labute approximate surface area is 205 Å². The maximum atomic E-state index is 13.3. The number of nitrogens with one attached hydrogen (secondary N) is 1. The van der Waals surface area contributed by atoms with E-state index in [9.17, 15) is 18.0 Å². The summed E-state index contributed by atoms with van der Waals surface area (Å²) in [6.45, 7) is 2.84. The number of thiazole rings is 1. The van der Waals surface area contributed by atoms with Gasteiger partial charge < -0.3 is 14.5 Å². The molecule has 1 unspecified atom stereocenters. The number of rotatable bonds is 6. The Morgan fingerprint density at radius 3 is 2.91 bits per heavy atom. The number of ether oxygens (including phenoxy) is 1. The third-order valence-corrected chi connectivity index (χ3v) is 8.85. The second-order valence-electron chi connectivity index (χ2n) is 8.33. The molecule has 184 valence electrons. The number of benzene rings is 2. The van der Waals surface area contributed by atoms with Gasteiger partial charge in [-0.15, -0.1) is 0 Å². The highest BCUT2D eigenvalue weighted by Gasteiger charge is 2.34. The molecule has 35 heavy (non-hydrogen) atoms. The number of anilines is 1. The number of aryl methyl sites for hydroxylation is 1. The number of piperidine rings is 1. The van der Waals surface area contributed by atoms with E-state index in [0.717, 1.165) is 16.0 Å². The Hall–Kier alpha value is -3.22. The third-order valence-electron chi connectivity index (χ3n) is 6.06. The van der Waals surface area contributed by atoms with Crippen LogP contribution >= 0.6 is 11.3 Å². The van der Waals surface area contributed by atoms with Crippen LogP contribution in [0.2, 0.25) is 0 Å². The van der Waals surface area contributed by atoms with E-state index >= 15 is 0 Å². The first-order valence-electron chi connectivity index (χ1n) is 11.2. The van der Waals surface area contributed by atoms with Gasteiger partial charge in [0.1, 0.15) is 5.75 Å². The van der Waals surface area contributed by atoms with E-state index < -0.39 is 21.7 Å². The van der Waals surface area contributed by atoms with Crippen LogP contribution < -0.4 is 15.8 Å². The summed E-state index contributed by atoms with van der Waals surface area (Å²) >= 11 is 1.34. The van der Waals surface area contributed by atoms with Crippen molar-refractivity contribution in [3.05, 3.63) is 46.9 Å². The molecule has 12 heteroatoms. The molecule has 1 atom stereocenters. The number of nitrogens with zero attached hydrogens (tertiary/aromatic N) is 3. The summed E-state index contributed by atoms with van der Waals surface area (Å²) < 4.78 is 40.8. The van der Waals surface area contributed by atoms with Gasteiger partial charge in [0.05, 0.1) is 33.2 Å². The minimum Gasteiger partial charge on any atom is -0.494 e. The van der Waals surface area contributed by atoms with Crippen molar-refractivity contribution in [2.45, 2.75) is 24.7 Å². The van der Waals surface area contributed by atoms with Crippen molar-refractivity contribution in [3.8, 4) is 5.75 Å². The molecule has 0 spiro atoms. The van der Waals surface area contributed by atoms with E-state index in [1.165, 1.54) is 32.3 Å². The van der Waals surface area contributed by atoms with E-state index in [1.54, 1.807) is 13.1 Å². The fourth-order valence-corrected chi connectivity index (χ4v) is 6.66. The van der Waals surface area contributed by atoms with Crippen molar-refractivity contribution in [3.63, 3.8) is 0 Å². The number of oxazole rings is 1. The van der Waals surface area contributed by atoms with E-state index in [-0.39, 0.29) is 22.9 Å². The SMILES string of the molecule is CCOc1ccc2nc(NC(=O)C3CCCN(S(=O)(=O)c4ccc5c(c4)oc(=O)n5C)C3)sc2c1. The molecule has 1 saturated heterocycles. The van der Waals surface area contributed by atoms with Crippen LogP contribution in [-0.2, 0) is 21.9 Å². The molecule has 0 aliphatic carbocycles. The van der Waals surface area contributed by atoms with Crippen LogP contribution in [0.4, 0.5) is 5.13 Å². The predicted octanol–water partition coefficient (Wildman–Crippen LogP) is 3.18. The molecule has 0 saturated carbocycles. The van der Waals surface area contributed by atoms with Crippen molar-refractivity contribution in [2.24, 2.45) is 13.0 Å². The van der Waals surface area contributed by atoms with Gasteiger partial charge in [-0.05, 0) is 50.1 Å². The number of fused-ring (bicyclic) bond motifs is 2. The van der Waals surface area contributed by atoms with Crippen LogP contribution in [0.25, 0.3) is 21.3 Å². The zero-order valence-electron chi connectivity index (χ0n) is 19.2. The normalized spacial score (nSPS) is 17.1. The number of hydrogen-bond acceptors (Lipinski definition) is 8. The van der Waals surface area contributed by atoms with Crippen LogP contribution in [0.3, 0.4) is 0 Å². The van der Waals surface area contributed by atoms with Gasteiger partial charge in [-0.2, -0.15) is 4.31 Å². The van der Waals surface area contributed by atoms with Gasteiger partial charge >= 0.3 is 5.76 Å². The van der Waals surface area contributed by atoms with E-state index in [0.29, 0.717) is 36.6 Å². The highest BCUT2D eigenvalue weighted by Crippen LogP contribution is 2.31. The number of aromatic nitrogens is 2. The van der Waals surface area contributed by atoms with Crippen LogP contribution in [-0.4, -0.2) is 47.9 Å². The molecule has 1 amide bonds. The molecule has 1 aliphatic rings. The van der Waals surface area contributed by atoms with Crippen molar-refractivity contribution >= 4 is 53.7 Å². The molecule has 2 aromatic carbocycles. The second-order valence-corrected chi connectivity index (χ2v) is 11.3. The maximum absolute atomic E-state index is 13.3. The Morgan fingerprint density at radius 2 is 2.11 bits per heavy atom. The Kier molecular flexibility index (Phi) is 6.11. The van der Waals surface area contributed by atoms with Gasteiger partial charge in [0.25, 0.3) is 0 Å². The Bertz CT molecular complexity index is 1590. The molecular formula is C23H24N4O6S2. The van der Waals surface area contributed by atoms with Crippen LogP contribution in [0.5, 0.6) is 5.75 Å². The third kappa shape index (κ3) is 4.44. The van der Waals surface area contributed by atoms with Gasteiger partial charge in [0, 0.05) is 26.2 Å². The lowest BCUT2D eigenvalue weighted by molar-refractivity contribution is -0.120. The molecule has 2 aromatic heterocycles. The summed E-state index contributed by atoms with van der Waals surface area (Å²) in [4.78, 5) is 29.2. The van der Waals surface area contributed by atoms with Crippen molar-refractivity contribution in [1.82, 2.24) is 13.9 Å². The van der Waals surface area contributed by atoms with Gasteiger partial charge in [-0.25, -0.2) is 18.2 Å². The average Bonchev–Trinajstić information content (AvgIpc) is 3.37. The van der Waals surface area contributed by atoms with E-state index in [4.69, 9.17) is 9.15 Å². The van der Waals surface area contributed by atoms with E-state index in [2.05, 4.69) is 10.3 Å². The van der Waals surface area contributed by atoms with Gasteiger partial charge in [0.15, 0.2) is 10.7 Å². The fraction of sp³-hybridized carbons (Fsp3) is 0.348. The highest BCUT2D eigenvalue weighted by molar-refractivity contribution is 7.89. The van der Waals surface area contributed by atoms with Crippen molar-refractivity contribution in [2.75, 3.05) is 25.0 Å². The zero-order valence-corrected chi connectivity index (χ0v) is 20.8. The first kappa shape index (κ1) is 23.5. The van der Waals surface area contributed by atoms with E-state index in [1.807, 2.05) is 25.1 Å². The fourth-order valence-electron chi connectivity index (χ4n) is 4.22. The summed E-state index contributed by atoms with van der Waals surface area (Å²) in [6.07, 6.45) is 1.13. The number of amides is 1. The summed E-state index contributed by atoms with van der Waals surface area (Å²) in [5.74, 6) is -0.600. The van der Waals surface area contributed by atoms with Crippen molar-refractivity contribution < 1.29 is 22.4 Å². The minimum atomic E-state index is -3.87. The standard InChI is InChI=1S/C23H24N4O6S2/c1-3-32-15-6-8-17-20(11-15)34-22(24-17)25-21(28)14-5-4-10-27(13-14)35(30,31)16-7-9-18-19(12-16)33-23(29)26(18)2/h6-9,11-12,14H,3-5,10,13H2,1-2H3,(H,24,25,28). The average molecular weight is 517 g/mol. The monoisotopic (exact) mass is 516 g/mol. The first-order chi connectivity index (χ1) is 16.8. The summed E-state index contributed by atoms with van der Waals surface area (Å²) in [7, 11) is -2.32. The molecule has 1 fully saturated rings. The molecule has 1 N–H and O–H groups in total. The lowest BCUT2D eigenvalue weighted by Crippen LogP contribution is -2.43. The quantitative estimate of drug-likeness (QED) is 0.417. The lowest BCUT2D eigenvalue weighted by Gasteiger charge is -2.31. The van der Waals surface area contributed by atoms with Crippen molar-refractivity contribution in [1.29, 1.82) is 0 Å². The molecule has 10 nitrogen and oxygen atoms in total. The van der Waals surface area contributed by atoms with Crippen LogP contribution in [0.15, 0.2) is 50.5 Å². The minimum absolute atomic E-state index is 0.0247. The Balaban J connectivity index is 1.32. The van der Waals surface area contributed by atoms with Gasteiger partial charge in [-0.1, -0.05) is 11.3 Å². The maximum Gasteiger partial charge on any atom is 0.419 e.